The molecule has 0 saturated carbocycles. The average Bonchev–Trinajstić information content (AvgIpc) is 3.68. The highest BCUT2D eigenvalue weighted by atomic mass is 32.2. The molecule has 13 heteroatoms. The zero-order chi connectivity index (χ0) is 35.4. The maximum absolute atomic E-state index is 16.7. The van der Waals surface area contributed by atoms with Crippen LogP contribution < -0.4 is 19.1 Å². The van der Waals surface area contributed by atoms with Crippen molar-refractivity contribution in [3.8, 4) is 35.1 Å². The van der Waals surface area contributed by atoms with Crippen LogP contribution >= 0.6 is 11.8 Å². The van der Waals surface area contributed by atoms with Crippen molar-refractivity contribution in [1.29, 1.82) is 5.26 Å². The summed E-state index contributed by atoms with van der Waals surface area (Å²) in [6.45, 7) is 6.93. The van der Waals surface area contributed by atoms with Crippen molar-refractivity contribution < 1.29 is 32.5 Å². The number of pyridine rings is 1. The van der Waals surface area contributed by atoms with Crippen LogP contribution in [0.25, 0.3) is 0 Å². The number of thioether (sulfide) groups is 1. The molecule has 0 bridgehead atoms. The Morgan fingerprint density at radius 1 is 1.02 bits per heavy atom. The molecule has 10 nitrogen and oxygen atoms in total. The Morgan fingerprint density at radius 2 is 1.78 bits per heavy atom. The molecule has 3 heterocycles. The fourth-order valence-corrected chi connectivity index (χ4v) is 6.87. The van der Waals surface area contributed by atoms with Crippen LogP contribution in [0.5, 0.6) is 29.0 Å². The number of rotatable bonds is 11. The summed E-state index contributed by atoms with van der Waals surface area (Å²) in [5, 5.41) is 9.64. The third kappa shape index (κ3) is 7.16. The fraction of sp³-hybridized carbons (Fsp3) is 0.297. The first-order valence-corrected chi connectivity index (χ1v) is 17.0. The topological polar surface area (TPSA) is 110 Å². The fourth-order valence-electron chi connectivity index (χ4n) is 5.74. The highest BCUT2D eigenvalue weighted by Gasteiger charge is 2.49. The number of aliphatic imine (C=N–C) groups is 1. The highest BCUT2D eigenvalue weighted by molar-refractivity contribution is 8.01. The lowest BCUT2D eigenvalue weighted by molar-refractivity contribution is -0.145. The Morgan fingerprint density at radius 3 is 2.48 bits per heavy atom. The molecule has 50 heavy (non-hydrogen) atoms. The molecule has 6 rings (SSSR count). The van der Waals surface area contributed by atoms with Gasteiger partial charge >= 0.3 is 5.97 Å². The molecule has 0 spiro atoms. The van der Waals surface area contributed by atoms with Gasteiger partial charge in [0.05, 0.1) is 30.7 Å². The number of carbonyl (C=O) groups is 1. The smallest absolute Gasteiger partial charge is 0.330 e. The summed E-state index contributed by atoms with van der Waals surface area (Å²) in [5.74, 6) is -2.97. The molecule has 0 aliphatic carbocycles. The number of carbonyl (C=O) groups excluding carboxylic acids is 1. The molecule has 1 aromatic heterocycles. The zero-order valence-electron chi connectivity index (χ0n) is 28.0. The summed E-state index contributed by atoms with van der Waals surface area (Å²) >= 11 is 1.35. The summed E-state index contributed by atoms with van der Waals surface area (Å²) < 4.78 is 56.0. The largest absolute Gasteiger partial charge is 0.485 e. The number of hydrogen-bond acceptors (Lipinski definition) is 11. The third-order valence-corrected chi connectivity index (χ3v) is 9.59. The second-order valence-corrected chi connectivity index (χ2v) is 13.7. The van der Waals surface area contributed by atoms with Gasteiger partial charge in [0, 0.05) is 30.0 Å². The van der Waals surface area contributed by atoms with Gasteiger partial charge in [0.25, 0.3) is 11.8 Å². The minimum atomic E-state index is -1.17. The highest BCUT2D eigenvalue weighted by Crippen LogP contribution is 2.47. The molecule has 258 valence electrons. The molecule has 1 unspecified atom stereocenters. The Bertz CT molecular complexity index is 1970. The van der Waals surface area contributed by atoms with Gasteiger partial charge in [0.1, 0.15) is 29.9 Å². The average molecular weight is 700 g/mol. The van der Waals surface area contributed by atoms with Gasteiger partial charge < -0.3 is 28.7 Å². The molecule has 0 N–H and O–H groups in total. The maximum atomic E-state index is 16.7. The Hall–Kier alpha value is -5.35. The number of nitriles is 1. The number of anilines is 1. The predicted molar refractivity (Wildman–Crippen MR) is 186 cm³/mol. The standard InChI is InChI=1S/C37H35F2N5O5S/c1-5-46-36(45)32-37(2,3)50-22-44(32)31-29(38)34(48-26-13-9-12-25(19-26)33-41-16-17-43(33)4)42-35(30(31)39)49-28-18-24(20-40)14-15-27(28)47-21-23-10-7-6-8-11-23/h6-15,18-19,32H,5,16-17,21-22H2,1-4H3. The van der Waals surface area contributed by atoms with E-state index >= 15 is 8.78 Å². The number of likely N-dealkylation sites (N-methyl/N-ethyl adjacent to an activating group) is 1. The number of amidine groups is 1. The number of benzene rings is 3. The van der Waals surface area contributed by atoms with Crippen LogP contribution in [0.1, 0.15) is 37.5 Å². The Labute approximate surface area is 293 Å². The summed E-state index contributed by atoms with van der Waals surface area (Å²) in [6.07, 6.45) is 0. The van der Waals surface area contributed by atoms with Crippen LogP contribution in [0.3, 0.4) is 0 Å². The zero-order valence-corrected chi connectivity index (χ0v) is 28.8. The van der Waals surface area contributed by atoms with Crippen molar-refractivity contribution in [2.24, 2.45) is 4.99 Å². The van der Waals surface area contributed by atoms with Gasteiger partial charge in [0.15, 0.2) is 11.5 Å². The van der Waals surface area contributed by atoms with E-state index < -0.39 is 45.8 Å². The van der Waals surface area contributed by atoms with Crippen molar-refractivity contribution in [2.75, 3.05) is 37.5 Å². The van der Waals surface area contributed by atoms with Crippen LogP contribution in [-0.4, -0.2) is 65.1 Å². The lowest BCUT2D eigenvalue weighted by atomic mass is 10.0. The first-order chi connectivity index (χ1) is 24.1. The minimum Gasteiger partial charge on any atom is -0.485 e. The van der Waals surface area contributed by atoms with E-state index in [0.717, 1.165) is 23.5 Å². The summed E-state index contributed by atoms with van der Waals surface area (Å²) in [7, 11) is 1.92. The molecule has 2 aliphatic rings. The van der Waals surface area contributed by atoms with Crippen molar-refractivity contribution in [3.05, 3.63) is 101 Å². The van der Waals surface area contributed by atoms with Crippen LogP contribution in [-0.2, 0) is 16.1 Å². The van der Waals surface area contributed by atoms with Gasteiger partial charge in [-0.15, -0.1) is 11.8 Å². The van der Waals surface area contributed by atoms with Gasteiger partial charge in [0.2, 0.25) is 11.6 Å². The molecule has 0 amide bonds. The maximum Gasteiger partial charge on any atom is 0.330 e. The summed E-state index contributed by atoms with van der Waals surface area (Å²) in [6, 6.07) is 21.7. The number of halogens is 2. The van der Waals surface area contributed by atoms with Crippen LogP contribution in [0.2, 0.25) is 0 Å². The first kappa shape index (κ1) is 34.5. The molecule has 3 aromatic carbocycles. The van der Waals surface area contributed by atoms with E-state index in [9.17, 15) is 10.1 Å². The van der Waals surface area contributed by atoms with Crippen molar-refractivity contribution in [1.82, 2.24) is 9.88 Å². The van der Waals surface area contributed by atoms with E-state index in [2.05, 4.69) is 9.98 Å². The molecule has 2 aliphatic heterocycles. The molecule has 1 saturated heterocycles. The molecule has 0 radical (unpaired) electrons. The number of aromatic nitrogens is 1. The monoisotopic (exact) mass is 699 g/mol. The van der Waals surface area contributed by atoms with Gasteiger partial charge in [-0.25, -0.2) is 4.79 Å². The SMILES string of the molecule is CCOC(=O)C1N(c2c(F)c(Oc3cccc(C4=NCCN4C)c3)nc(Oc3cc(C#N)ccc3OCc3ccccc3)c2F)CSC1(C)C. The third-order valence-electron chi connectivity index (χ3n) is 8.22. The van der Waals surface area contributed by atoms with E-state index in [1.165, 1.54) is 34.9 Å². The summed E-state index contributed by atoms with van der Waals surface area (Å²) in [5.41, 5.74) is 1.25. The first-order valence-electron chi connectivity index (χ1n) is 16.0. The number of esters is 1. The van der Waals surface area contributed by atoms with E-state index in [0.29, 0.717) is 6.54 Å². The van der Waals surface area contributed by atoms with Gasteiger partial charge in [-0.3, -0.25) is 4.99 Å². The number of hydrogen-bond donors (Lipinski definition) is 0. The molecule has 4 aromatic rings. The van der Waals surface area contributed by atoms with E-state index in [-0.39, 0.29) is 41.9 Å². The minimum absolute atomic E-state index is 0.0303. The Balaban J connectivity index is 1.44. The van der Waals surface area contributed by atoms with Crippen LogP contribution in [0.15, 0.2) is 77.8 Å². The summed E-state index contributed by atoms with van der Waals surface area (Å²) in [4.78, 5) is 25.3. The lowest BCUT2D eigenvalue weighted by Crippen LogP contribution is -2.48. The van der Waals surface area contributed by atoms with E-state index in [4.69, 9.17) is 18.9 Å². The van der Waals surface area contributed by atoms with Gasteiger partial charge in [-0.1, -0.05) is 42.5 Å². The molecular formula is C37H35F2N5O5S. The van der Waals surface area contributed by atoms with Crippen molar-refractivity contribution in [2.45, 2.75) is 38.2 Å². The van der Waals surface area contributed by atoms with Crippen LogP contribution in [0.4, 0.5) is 14.5 Å². The second-order valence-electron chi connectivity index (χ2n) is 12.1. The van der Waals surface area contributed by atoms with Crippen LogP contribution in [0, 0.1) is 23.0 Å². The van der Waals surface area contributed by atoms with E-state index in [1.807, 2.05) is 68.3 Å². The van der Waals surface area contributed by atoms with E-state index in [1.54, 1.807) is 25.1 Å². The second kappa shape index (κ2) is 14.6. The van der Waals surface area contributed by atoms with Crippen molar-refractivity contribution in [3.63, 3.8) is 0 Å². The number of nitrogens with zero attached hydrogens (tertiary/aromatic N) is 5. The van der Waals surface area contributed by atoms with Crippen molar-refractivity contribution >= 4 is 29.3 Å². The Kier molecular flexibility index (Phi) is 10.1. The predicted octanol–water partition coefficient (Wildman–Crippen LogP) is 7.31. The number of ether oxygens (including phenoxy) is 4. The molecule has 1 atom stereocenters. The van der Waals surface area contributed by atoms with Gasteiger partial charge in [-0.05, 0) is 50.6 Å². The normalized spacial score (nSPS) is 16.5. The van der Waals surface area contributed by atoms with Gasteiger partial charge in [-0.2, -0.15) is 19.0 Å². The molecule has 1 fully saturated rings. The molecular weight excluding hydrogens is 665 g/mol. The quantitative estimate of drug-likeness (QED) is 0.148. The lowest BCUT2D eigenvalue weighted by Gasteiger charge is -2.31.